The summed E-state index contributed by atoms with van der Waals surface area (Å²) >= 11 is 1.60. The fourth-order valence-electron chi connectivity index (χ4n) is 1.78. The highest BCUT2D eigenvalue weighted by Crippen LogP contribution is 2.33. The summed E-state index contributed by atoms with van der Waals surface area (Å²) in [7, 11) is 0. The zero-order valence-corrected chi connectivity index (χ0v) is 9.37. The predicted molar refractivity (Wildman–Crippen MR) is 59.1 cm³/mol. The van der Waals surface area contributed by atoms with E-state index in [0.29, 0.717) is 18.8 Å². The lowest BCUT2D eigenvalue weighted by Crippen LogP contribution is -2.24. The molecule has 3 heterocycles. The number of rotatable bonds is 2. The molecule has 16 heavy (non-hydrogen) atoms. The number of aliphatic hydroxyl groups is 1. The minimum atomic E-state index is -0.998. The molecule has 0 aromatic carbocycles. The largest absolute Gasteiger partial charge is 0.379 e. The summed E-state index contributed by atoms with van der Waals surface area (Å²) in [4.78, 5) is 1.04. The number of nitrogens with zero attached hydrogens (tertiary/aromatic N) is 1. The van der Waals surface area contributed by atoms with Gasteiger partial charge in [-0.3, -0.25) is 0 Å². The summed E-state index contributed by atoms with van der Waals surface area (Å²) < 4.78 is 10.4. The summed E-state index contributed by atoms with van der Waals surface area (Å²) in [6.07, 6.45) is 0.562. The van der Waals surface area contributed by atoms with Crippen molar-refractivity contribution in [2.24, 2.45) is 0 Å². The highest BCUT2D eigenvalue weighted by Gasteiger charge is 2.38. The van der Waals surface area contributed by atoms with Crippen LogP contribution in [0.5, 0.6) is 0 Å². The number of hydrogen-bond acceptors (Lipinski definition) is 5. The normalized spacial score (nSPS) is 25.1. The van der Waals surface area contributed by atoms with Gasteiger partial charge in [-0.2, -0.15) is 0 Å². The van der Waals surface area contributed by atoms with Crippen LogP contribution in [-0.4, -0.2) is 23.5 Å². The Morgan fingerprint density at radius 3 is 3.12 bits per heavy atom. The summed E-state index contributed by atoms with van der Waals surface area (Å²) in [6.45, 7) is 0.845. The number of hydrogen-bond donors (Lipinski definition) is 1. The van der Waals surface area contributed by atoms with E-state index < -0.39 is 5.60 Å². The Hall–Kier alpha value is -1.17. The molecule has 84 valence electrons. The Balaban J connectivity index is 1.93. The fraction of sp³-hybridized carbons (Fsp3) is 0.364. The molecule has 0 amide bonds. The third-order valence-corrected chi connectivity index (χ3v) is 3.64. The van der Waals surface area contributed by atoms with Gasteiger partial charge in [0.2, 0.25) is 0 Å². The molecule has 3 rings (SSSR count). The number of thiophene rings is 1. The van der Waals surface area contributed by atoms with Crippen molar-refractivity contribution in [1.29, 1.82) is 0 Å². The monoisotopic (exact) mass is 237 g/mol. The van der Waals surface area contributed by atoms with Gasteiger partial charge in [-0.1, -0.05) is 11.2 Å². The Kier molecular flexibility index (Phi) is 2.31. The van der Waals surface area contributed by atoms with Crippen LogP contribution in [0, 0.1) is 0 Å². The van der Waals surface area contributed by atoms with Crippen molar-refractivity contribution in [2.75, 3.05) is 13.2 Å². The molecule has 0 radical (unpaired) electrons. The molecule has 1 N–H and O–H groups in total. The van der Waals surface area contributed by atoms with Crippen molar-refractivity contribution in [3.05, 3.63) is 29.3 Å². The second kappa shape index (κ2) is 3.69. The molecule has 5 heteroatoms. The zero-order chi connectivity index (χ0) is 11.0. The Bertz CT molecular complexity index is 471. The van der Waals surface area contributed by atoms with Gasteiger partial charge < -0.3 is 14.4 Å². The quantitative estimate of drug-likeness (QED) is 0.868. The average Bonchev–Trinajstić information content (AvgIpc) is 2.98. The van der Waals surface area contributed by atoms with E-state index in [9.17, 15) is 5.11 Å². The lowest BCUT2D eigenvalue weighted by Gasteiger charge is -2.15. The Labute approximate surface area is 96.5 Å². The van der Waals surface area contributed by atoms with Crippen molar-refractivity contribution >= 4 is 11.3 Å². The Morgan fingerprint density at radius 1 is 1.50 bits per heavy atom. The maximum atomic E-state index is 10.2. The van der Waals surface area contributed by atoms with Crippen LogP contribution in [0.4, 0.5) is 0 Å². The minimum Gasteiger partial charge on any atom is -0.379 e. The van der Waals surface area contributed by atoms with Crippen molar-refractivity contribution in [3.63, 3.8) is 0 Å². The van der Waals surface area contributed by atoms with E-state index in [-0.39, 0.29) is 6.61 Å². The van der Waals surface area contributed by atoms with Crippen molar-refractivity contribution in [1.82, 2.24) is 5.16 Å². The molecule has 4 nitrogen and oxygen atoms in total. The minimum absolute atomic E-state index is 0.284. The first-order chi connectivity index (χ1) is 7.78. The van der Waals surface area contributed by atoms with E-state index in [1.54, 1.807) is 17.4 Å². The molecule has 0 unspecified atom stereocenters. The van der Waals surface area contributed by atoms with Gasteiger partial charge in [0, 0.05) is 12.5 Å². The smallest absolute Gasteiger partial charge is 0.171 e. The first kappa shape index (κ1) is 10.0. The predicted octanol–water partition coefficient (Wildman–Crippen LogP) is 2.01. The van der Waals surface area contributed by atoms with Gasteiger partial charge >= 0.3 is 0 Å². The van der Waals surface area contributed by atoms with E-state index >= 15 is 0 Å². The molecule has 0 saturated carbocycles. The summed E-state index contributed by atoms with van der Waals surface area (Å²) in [5.41, 5.74) is -0.229. The molecule has 1 aliphatic rings. The standard InChI is InChI=1S/C11H11NO3S/c13-11(3-4-14-7-11)10-6-8(12-15-10)9-2-1-5-16-9/h1-2,5-6,13H,3-4,7H2/t11-/m0/s1. The van der Waals surface area contributed by atoms with Crippen molar-refractivity contribution < 1.29 is 14.4 Å². The fourth-order valence-corrected chi connectivity index (χ4v) is 2.46. The second-order valence-electron chi connectivity index (χ2n) is 3.89. The third kappa shape index (κ3) is 1.57. The highest BCUT2D eigenvalue weighted by atomic mass is 32.1. The zero-order valence-electron chi connectivity index (χ0n) is 8.55. The molecular weight excluding hydrogens is 226 g/mol. The van der Waals surface area contributed by atoms with E-state index in [1.807, 2.05) is 17.5 Å². The van der Waals surface area contributed by atoms with Crippen LogP contribution in [0.3, 0.4) is 0 Å². The van der Waals surface area contributed by atoms with Crippen LogP contribution in [0.15, 0.2) is 28.1 Å². The van der Waals surface area contributed by atoms with Crippen LogP contribution >= 0.6 is 11.3 Å². The van der Waals surface area contributed by atoms with E-state index in [4.69, 9.17) is 9.26 Å². The van der Waals surface area contributed by atoms with Gasteiger partial charge in [0.15, 0.2) is 11.4 Å². The average molecular weight is 237 g/mol. The lowest BCUT2D eigenvalue weighted by molar-refractivity contribution is 0.0000202. The molecule has 1 aliphatic heterocycles. The summed E-state index contributed by atoms with van der Waals surface area (Å²) in [5.74, 6) is 0.494. The SMILES string of the molecule is O[C@@]1(c2cc(-c3cccs3)no2)CCOC1. The maximum absolute atomic E-state index is 10.2. The van der Waals surface area contributed by atoms with Gasteiger partial charge in [-0.05, 0) is 11.4 Å². The molecule has 0 aliphatic carbocycles. The van der Waals surface area contributed by atoms with Crippen LogP contribution < -0.4 is 0 Å². The van der Waals surface area contributed by atoms with Crippen molar-refractivity contribution in [3.8, 4) is 10.6 Å². The number of aromatic nitrogens is 1. The van der Waals surface area contributed by atoms with Crippen LogP contribution in [0.25, 0.3) is 10.6 Å². The first-order valence-electron chi connectivity index (χ1n) is 5.09. The first-order valence-corrected chi connectivity index (χ1v) is 5.97. The molecule has 1 saturated heterocycles. The van der Waals surface area contributed by atoms with Gasteiger partial charge in [-0.25, -0.2) is 0 Å². The molecule has 0 spiro atoms. The van der Waals surface area contributed by atoms with Crippen LogP contribution in [0.1, 0.15) is 12.2 Å². The van der Waals surface area contributed by atoms with Gasteiger partial charge in [0.05, 0.1) is 18.1 Å². The highest BCUT2D eigenvalue weighted by molar-refractivity contribution is 7.13. The molecular formula is C11H11NO3S. The van der Waals surface area contributed by atoms with Gasteiger partial charge in [-0.15, -0.1) is 11.3 Å². The molecule has 2 aromatic heterocycles. The molecule has 1 atom stereocenters. The van der Waals surface area contributed by atoms with Crippen LogP contribution in [0.2, 0.25) is 0 Å². The summed E-state index contributed by atoms with van der Waals surface area (Å²) in [6, 6.07) is 5.73. The van der Waals surface area contributed by atoms with Gasteiger partial charge in [0.25, 0.3) is 0 Å². The van der Waals surface area contributed by atoms with E-state index in [2.05, 4.69) is 5.16 Å². The number of ether oxygens (including phenoxy) is 1. The molecule has 1 fully saturated rings. The topological polar surface area (TPSA) is 55.5 Å². The lowest BCUT2D eigenvalue weighted by atomic mass is 10.00. The molecule has 0 bridgehead atoms. The summed E-state index contributed by atoms with van der Waals surface area (Å²) in [5, 5.41) is 16.2. The van der Waals surface area contributed by atoms with E-state index in [0.717, 1.165) is 10.6 Å². The molecule has 2 aromatic rings. The Morgan fingerprint density at radius 2 is 2.44 bits per heavy atom. The van der Waals surface area contributed by atoms with Crippen LogP contribution in [-0.2, 0) is 10.3 Å². The second-order valence-corrected chi connectivity index (χ2v) is 4.84. The van der Waals surface area contributed by atoms with Crippen molar-refractivity contribution in [2.45, 2.75) is 12.0 Å². The van der Waals surface area contributed by atoms with Gasteiger partial charge in [0.1, 0.15) is 5.69 Å². The third-order valence-electron chi connectivity index (χ3n) is 2.74. The van der Waals surface area contributed by atoms with E-state index in [1.165, 1.54) is 0 Å². The maximum Gasteiger partial charge on any atom is 0.171 e.